The van der Waals surface area contributed by atoms with Gasteiger partial charge in [-0.3, -0.25) is 0 Å². The minimum Gasteiger partial charge on any atom is -0.152 e. The van der Waals surface area contributed by atoms with Gasteiger partial charge < -0.3 is 0 Å². The van der Waals surface area contributed by atoms with Crippen molar-refractivity contribution >= 4 is 78.7 Å². The second kappa shape index (κ2) is 7.78. The normalized spacial score (nSPS) is 12.8. The second-order valence-electron chi connectivity index (χ2n) is 5.80. The molecule has 0 fully saturated rings. The van der Waals surface area contributed by atoms with E-state index in [0.29, 0.717) is 0 Å². The van der Waals surface area contributed by atoms with Crippen LogP contribution in [-0.4, -0.2) is 15.2 Å². The van der Waals surface area contributed by atoms with Crippen LogP contribution in [-0.2, 0) is 0 Å². The molecule has 0 atom stereocenters. The van der Waals surface area contributed by atoms with Crippen molar-refractivity contribution < 1.29 is 0 Å². The van der Waals surface area contributed by atoms with Gasteiger partial charge in [0.05, 0.1) is 7.59 Å². The fourth-order valence-corrected chi connectivity index (χ4v) is 36.4. The number of halogens is 2. The highest BCUT2D eigenvalue weighted by Crippen LogP contribution is 2.38. The quantitative estimate of drug-likeness (QED) is 0.384. The van der Waals surface area contributed by atoms with Crippen LogP contribution in [0.4, 0.5) is 0 Å². The molecule has 2 aromatic heterocycles. The van der Waals surface area contributed by atoms with Crippen molar-refractivity contribution in [1.29, 1.82) is 0 Å². The smallest absolute Gasteiger partial charge is 0.138 e. The molecule has 0 aliphatic rings. The predicted molar refractivity (Wildman–Crippen MR) is 117 cm³/mol. The maximum absolute atomic E-state index is 3.89. The van der Waals surface area contributed by atoms with Crippen molar-refractivity contribution in [3.05, 3.63) is 31.8 Å². The van der Waals surface area contributed by atoms with Crippen LogP contribution in [0.2, 0.25) is 24.2 Å². The number of hydrogen-bond donors (Lipinski definition) is 0. The lowest BCUT2D eigenvalue weighted by molar-refractivity contribution is 1.20. The van der Waals surface area contributed by atoms with E-state index in [1.807, 2.05) is 22.7 Å². The highest BCUT2D eigenvalue weighted by atomic mass is 79.9. The zero-order valence-electron chi connectivity index (χ0n) is 13.7. The van der Waals surface area contributed by atoms with Gasteiger partial charge in [0.25, 0.3) is 0 Å². The Morgan fingerprint density at radius 1 is 0.773 bits per heavy atom. The minimum absolute atomic E-state index is 1.33. The summed E-state index contributed by atoms with van der Waals surface area (Å²) in [6.45, 7) is 9.83. The van der Waals surface area contributed by atoms with Gasteiger partial charge in [-0.15, -0.1) is 0 Å². The first-order chi connectivity index (χ1) is 10.5. The maximum atomic E-state index is 3.89. The Hall–Kier alpha value is 0.794. The lowest BCUT2D eigenvalue weighted by Gasteiger charge is -2.46. The lowest BCUT2D eigenvalue weighted by Crippen LogP contribution is -2.74. The van der Waals surface area contributed by atoms with E-state index in [0.717, 1.165) is 0 Å². The molecule has 0 radical (unpaired) electrons. The molecule has 0 aliphatic carbocycles. The van der Waals surface area contributed by atoms with Crippen molar-refractivity contribution in [3.8, 4) is 0 Å². The molecule has 0 aliphatic heterocycles. The molecule has 0 bridgehead atoms. The van der Waals surface area contributed by atoms with E-state index in [2.05, 4.69) is 82.4 Å². The van der Waals surface area contributed by atoms with Gasteiger partial charge >= 0.3 is 0 Å². The predicted octanol–water partition coefficient (Wildman–Crippen LogP) is 6.50. The molecular formula is C16H24Br2S2Si2. The SMILES string of the molecule is CC[Si](CC)(CC)[Si](CC)(c1sccc1Br)c1sccc1Br. The van der Waals surface area contributed by atoms with Crippen molar-refractivity contribution in [2.75, 3.05) is 0 Å². The molecule has 2 rings (SSSR count). The maximum Gasteiger partial charge on any atom is 0.138 e. The molecule has 0 unspecified atom stereocenters. The first-order valence-electron chi connectivity index (χ1n) is 7.99. The van der Waals surface area contributed by atoms with Crippen LogP contribution in [0.25, 0.3) is 0 Å². The van der Waals surface area contributed by atoms with Crippen molar-refractivity contribution in [3.63, 3.8) is 0 Å². The van der Waals surface area contributed by atoms with Crippen LogP contribution in [0.3, 0.4) is 0 Å². The molecular weight excluding hydrogens is 472 g/mol. The second-order valence-corrected chi connectivity index (χ2v) is 24.0. The Kier molecular flexibility index (Phi) is 6.77. The summed E-state index contributed by atoms with van der Waals surface area (Å²) in [6.07, 6.45) is 0. The van der Waals surface area contributed by atoms with Crippen LogP contribution in [0, 0.1) is 0 Å². The largest absolute Gasteiger partial charge is 0.152 e. The first-order valence-corrected chi connectivity index (χ1v) is 17.2. The number of thiophene rings is 2. The third kappa shape index (κ3) is 2.82. The van der Waals surface area contributed by atoms with Crippen LogP contribution in [0.15, 0.2) is 31.8 Å². The van der Waals surface area contributed by atoms with Gasteiger partial charge in [-0.1, -0.05) is 83.7 Å². The van der Waals surface area contributed by atoms with E-state index < -0.39 is 15.2 Å². The van der Waals surface area contributed by atoms with Crippen molar-refractivity contribution in [2.45, 2.75) is 51.9 Å². The van der Waals surface area contributed by atoms with Gasteiger partial charge in [0.1, 0.15) is 7.59 Å². The molecule has 122 valence electrons. The summed E-state index contributed by atoms with van der Waals surface area (Å²) in [4.78, 5) is 0. The molecule has 2 aromatic rings. The van der Waals surface area contributed by atoms with E-state index in [-0.39, 0.29) is 0 Å². The Morgan fingerprint density at radius 2 is 1.18 bits per heavy atom. The molecule has 0 N–H and O–H groups in total. The molecule has 0 aromatic carbocycles. The minimum atomic E-state index is -1.70. The summed E-state index contributed by atoms with van der Waals surface area (Å²) in [5.74, 6) is 0. The Balaban J connectivity index is 2.85. The average Bonchev–Trinajstić information content (AvgIpc) is 3.15. The highest BCUT2D eigenvalue weighted by Gasteiger charge is 2.55. The standard InChI is InChI=1S/C16H24Br2S2Si2/c1-5-21(6-2,7-3)22(8-4,15-13(17)9-11-19-15)16-14(18)10-12-20-16/h9-12H,5-8H2,1-4H3. The fraction of sp³-hybridized carbons (Fsp3) is 0.500. The molecule has 0 amide bonds. The van der Waals surface area contributed by atoms with Gasteiger partial charge in [0.2, 0.25) is 0 Å². The van der Waals surface area contributed by atoms with Crippen molar-refractivity contribution in [2.24, 2.45) is 0 Å². The van der Waals surface area contributed by atoms with Crippen LogP contribution >= 0.6 is 54.5 Å². The van der Waals surface area contributed by atoms with Gasteiger partial charge in [0, 0.05) is 17.9 Å². The van der Waals surface area contributed by atoms with Crippen molar-refractivity contribution in [1.82, 2.24) is 0 Å². The monoisotopic (exact) mass is 494 g/mol. The summed E-state index contributed by atoms with van der Waals surface area (Å²) in [5, 5.41) is 4.55. The molecule has 2 heterocycles. The lowest BCUT2D eigenvalue weighted by atomic mass is 10.7. The van der Waals surface area contributed by atoms with Gasteiger partial charge in [0.15, 0.2) is 0 Å². The van der Waals surface area contributed by atoms with E-state index in [4.69, 9.17) is 0 Å². The molecule has 22 heavy (non-hydrogen) atoms. The van der Waals surface area contributed by atoms with Crippen LogP contribution in [0.5, 0.6) is 0 Å². The number of rotatable bonds is 7. The first kappa shape index (κ1) is 19.1. The highest BCUT2D eigenvalue weighted by molar-refractivity contribution is 9.11. The summed E-state index contributed by atoms with van der Waals surface area (Å²) < 4.78 is 6.10. The number of hydrogen-bond acceptors (Lipinski definition) is 2. The van der Waals surface area contributed by atoms with E-state index >= 15 is 0 Å². The van der Waals surface area contributed by atoms with Gasteiger partial charge in [-0.05, 0) is 22.9 Å². The summed E-state index contributed by atoms with van der Waals surface area (Å²) in [6, 6.07) is 10.0. The molecule has 0 nitrogen and oxygen atoms in total. The molecule has 0 saturated heterocycles. The zero-order valence-corrected chi connectivity index (χ0v) is 20.5. The third-order valence-electron chi connectivity index (χ3n) is 5.48. The Labute approximate surface area is 161 Å². The Morgan fingerprint density at radius 3 is 1.41 bits per heavy atom. The summed E-state index contributed by atoms with van der Waals surface area (Å²) in [7, 11) is -3.07. The van der Waals surface area contributed by atoms with Gasteiger partial charge in [-0.25, -0.2) is 0 Å². The third-order valence-corrected chi connectivity index (χ3v) is 33.6. The fourth-order valence-electron chi connectivity index (χ4n) is 4.13. The van der Waals surface area contributed by atoms with E-state index in [1.54, 1.807) is 9.00 Å². The average molecular weight is 496 g/mol. The topological polar surface area (TPSA) is 0 Å². The summed E-state index contributed by atoms with van der Waals surface area (Å²) >= 11 is 11.8. The van der Waals surface area contributed by atoms with Crippen LogP contribution < -0.4 is 9.00 Å². The molecule has 0 saturated carbocycles. The molecule has 0 spiro atoms. The molecule has 6 heteroatoms. The summed E-state index contributed by atoms with van der Waals surface area (Å²) in [5.41, 5.74) is 0. The Bertz CT molecular complexity index is 569. The van der Waals surface area contributed by atoms with E-state index in [1.165, 1.54) is 33.1 Å². The van der Waals surface area contributed by atoms with Gasteiger partial charge in [-0.2, -0.15) is 22.7 Å². The zero-order chi connectivity index (χ0) is 16.4. The van der Waals surface area contributed by atoms with E-state index in [9.17, 15) is 0 Å². The van der Waals surface area contributed by atoms with Crippen LogP contribution in [0.1, 0.15) is 27.7 Å².